The van der Waals surface area contributed by atoms with Crippen molar-refractivity contribution >= 4 is 22.7 Å². The fraction of sp³-hybridized carbons (Fsp3) is 0.467. The predicted molar refractivity (Wildman–Crippen MR) is 147 cm³/mol. The fourth-order valence-electron chi connectivity index (χ4n) is 5.89. The molecular formula is C30H36N4O4. The first kappa shape index (κ1) is 25.9. The highest BCUT2D eigenvalue weighted by atomic mass is 16.2. The van der Waals surface area contributed by atoms with Gasteiger partial charge in [-0.25, -0.2) is 4.79 Å². The van der Waals surface area contributed by atoms with Gasteiger partial charge in [0.05, 0.1) is 10.9 Å². The maximum Gasteiger partial charge on any atom is 0.331 e. The highest BCUT2D eigenvalue weighted by molar-refractivity contribution is 5.81. The van der Waals surface area contributed by atoms with Crippen LogP contribution in [0.4, 0.5) is 0 Å². The van der Waals surface area contributed by atoms with Crippen LogP contribution < -0.4 is 11.2 Å². The second kappa shape index (κ2) is 11.4. The maximum atomic E-state index is 13.5. The number of fused-ring (bicyclic) bond motifs is 2. The summed E-state index contributed by atoms with van der Waals surface area (Å²) < 4.78 is 2.61. The van der Waals surface area contributed by atoms with Gasteiger partial charge in [-0.15, -0.1) is 0 Å². The normalized spacial score (nSPS) is 15.9. The van der Waals surface area contributed by atoms with Crippen molar-refractivity contribution in [1.82, 2.24) is 18.9 Å². The summed E-state index contributed by atoms with van der Waals surface area (Å²) in [6.07, 6.45) is 6.84. The predicted octanol–water partition coefficient (Wildman–Crippen LogP) is 3.32. The van der Waals surface area contributed by atoms with Crippen molar-refractivity contribution in [2.75, 3.05) is 13.6 Å². The van der Waals surface area contributed by atoms with E-state index < -0.39 is 5.69 Å². The van der Waals surface area contributed by atoms with Crippen LogP contribution in [0.5, 0.6) is 0 Å². The van der Waals surface area contributed by atoms with E-state index in [1.165, 1.54) is 26.7 Å². The van der Waals surface area contributed by atoms with Crippen LogP contribution in [0, 0.1) is 0 Å². The summed E-state index contributed by atoms with van der Waals surface area (Å²) in [5, 5.41) is 0.402. The van der Waals surface area contributed by atoms with Gasteiger partial charge in [0, 0.05) is 39.1 Å². The van der Waals surface area contributed by atoms with Gasteiger partial charge >= 0.3 is 5.69 Å². The van der Waals surface area contributed by atoms with Crippen LogP contribution in [0.25, 0.3) is 10.9 Å². The van der Waals surface area contributed by atoms with E-state index in [0.29, 0.717) is 30.4 Å². The zero-order valence-electron chi connectivity index (χ0n) is 22.1. The van der Waals surface area contributed by atoms with E-state index >= 15 is 0 Å². The fourth-order valence-corrected chi connectivity index (χ4v) is 5.89. The molecule has 2 heterocycles. The molecule has 38 heavy (non-hydrogen) atoms. The van der Waals surface area contributed by atoms with Gasteiger partial charge in [0.15, 0.2) is 0 Å². The standard InChI is InChI=1S/C30H36N4O4/c1-31(24-12-3-2-4-13-24)28(36)21-34-26-15-8-7-14-25(26)29(37)33(30(34)38)18-9-16-27(35)32-19-17-22-10-5-6-11-23(22)20-32/h5-8,10-11,14-15,24H,2-4,9,12-13,16-21H2,1H3. The smallest absolute Gasteiger partial charge is 0.331 e. The number of rotatable bonds is 7. The van der Waals surface area contributed by atoms with Crippen LogP contribution in [0.2, 0.25) is 0 Å². The quantitative estimate of drug-likeness (QED) is 0.482. The Labute approximate surface area is 222 Å². The molecule has 200 valence electrons. The Kier molecular flexibility index (Phi) is 7.77. The molecule has 8 heteroatoms. The number of carbonyl (C=O) groups excluding carboxylic acids is 2. The second-order valence-corrected chi connectivity index (χ2v) is 10.6. The Balaban J connectivity index is 1.32. The average Bonchev–Trinajstić information content (AvgIpc) is 2.96. The Morgan fingerprint density at radius 1 is 0.921 bits per heavy atom. The van der Waals surface area contributed by atoms with E-state index in [1.54, 1.807) is 29.2 Å². The van der Waals surface area contributed by atoms with Crippen molar-refractivity contribution in [3.8, 4) is 0 Å². The van der Waals surface area contributed by atoms with Gasteiger partial charge < -0.3 is 9.80 Å². The van der Waals surface area contributed by atoms with E-state index in [2.05, 4.69) is 12.1 Å². The Morgan fingerprint density at radius 2 is 1.63 bits per heavy atom. The number of para-hydroxylation sites is 1. The van der Waals surface area contributed by atoms with Crippen molar-refractivity contribution < 1.29 is 9.59 Å². The first-order valence-electron chi connectivity index (χ1n) is 13.8. The summed E-state index contributed by atoms with van der Waals surface area (Å²) in [4.78, 5) is 56.5. The zero-order chi connectivity index (χ0) is 26.6. The van der Waals surface area contributed by atoms with Crippen LogP contribution in [-0.4, -0.2) is 50.4 Å². The molecule has 1 saturated carbocycles. The second-order valence-electron chi connectivity index (χ2n) is 10.6. The summed E-state index contributed by atoms with van der Waals surface area (Å²) >= 11 is 0. The molecule has 2 aromatic carbocycles. The van der Waals surface area contributed by atoms with Gasteiger partial charge in [-0.05, 0) is 48.9 Å². The molecule has 0 unspecified atom stereocenters. The van der Waals surface area contributed by atoms with E-state index in [0.717, 1.165) is 32.1 Å². The molecule has 0 radical (unpaired) electrons. The summed E-state index contributed by atoms with van der Waals surface area (Å²) in [5.74, 6) is -0.104. The van der Waals surface area contributed by atoms with E-state index in [-0.39, 0.29) is 42.9 Å². The third-order valence-electron chi connectivity index (χ3n) is 8.20. The molecule has 8 nitrogen and oxygen atoms in total. The first-order valence-corrected chi connectivity index (χ1v) is 13.8. The molecule has 1 fully saturated rings. The molecule has 0 atom stereocenters. The number of aromatic nitrogens is 2. The van der Waals surface area contributed by atoms with Crippen molar-refractivity contribution in [2.45, 2.75) is 77.0 Å². The van der Waals surface area contributed by atoms with Crippen LogP contribution in [0.3, 0.4) is 0 Å². The third kappa shape index (κ3) is 5.30. The molecule has 1 aliphatic heterocycles. The Morgan fingerprint density at radius 3 is 2.42 bits per heavy atom. The van der Waals surface area contributed by atoms with Gasteiger partial charge in [-0.2, -0.15) is 0 Å². The largest absolute Gasteiger partial charge is 0.341 e. The van der Waals surface area contributed by atoms with Crippen LogP contribution in [0.1, 0.15) is 56.1 Å². The minimum absolute atomic E-state index is 0.0259. The molecule has 2 aliphatic rings. The van der Waals surface area contributed by atoms with Crippen molar-refractivity contribution in [2.24, 2.45) is 0 Å². The monoisotopic (exact) mass is 516 g/mol. The van der Waals surface area contributed by atoms with E-state index in [4.69, 9.17) is 0 Å². The summed E-state index contributed by atoms with van der Waals surface area (Å²) in [6, 6.07) is 15.3. The maximum absolute atomic E-state index is 13.5. The SMILES string of the molecule is CN(C(=O)Cn1c(=O)n(CCCC(=O)N2CCc3ccccc3C2)c(=O)c2ccccc21)C1CCCCC1. The highest BCUT2D eigenvalue weighted by Crippen LogP contribution is 2.22. The number of nitrogens with zero attached hydrogens (tertiary/aromatic N) is 4. The molecule has 2 amide bonds. The topological polar surface area (TPSA) is 84.6 Å². The summed E-state index contributed by atoms with van der Waals surface area (Å²) in [7, 11) is 1.81. The molecule has 1 aliphatic carbocycles. The van der Waals surface area contributed by atoms with Crippen LogP contribution in [-0.2, 0) is 35.6 Å². The van der Waals surface area contributed by atoms with Crippen LogP contribution in [0.15, 0.2) is 58.1 Å². The van der Waals surface area contributed by atoms with E-state index in [1.807, 2.05) is 24.1 Å². The minimum atomic E-state index is -0.501. The van der Waals surface area contributed by atoms with E-state index in [9.17, 15) is 19.2 Å². The molecule has 5 rings (SSSR count). The zero-order valence-corrected chi connectivity index (χ0v) is 22.1. The lowest BCUT2D eigenvalue weighted by molar-refractivity contribution is -0.133. The van der Waals surface area contributed by atoms with Gasteiger partial charge in [0.25, 0.3) is 5.56 Å². The molecule has 0 saturated heterocycles. The first-order chi connectivity index (χ1) is 18.4. The molecular weight excluding hydrogens is 480 g/mol. The Hall–Kier alpha value is -3.68. The summed E-state index contributed by atoms with van der Waals surface area (Å²) in [6.45, 7) is 1.29. The van der Waals surface area contributed by atoms with Gasteiger partial charge in [0.2, 0.25) is 11.8 Å². The molecule has 1 aromatic heterocycles. The Bertz CT molecular complexity index is 1450. The molecule has 0 N–H and O–H groups in total. The van der Waals surface area contributed by atoms with Crippen LogP contribution >= 0.6 is 0 Å². The van der Waals surface area contributed by atoms with Gasteiger partial charge in [0.1, 0.15) is 6.54 Å². The highest BCUT2D eigenvalue weighted by Gasteiger charge is 2.24. The minimum Gasteiger partial charge on any atom is -0.341 e. The summed E-state index contributed by atoms with van der Waals surface area (Å²) in [5.41, 5.74) is 2.03. The molecule has 0 spiro atoms. The lowest BCUT2D eigenvalue weighted by Crippen LogP contribution is -2.45. The van der Waals surface area contributed by atoms with Crippen molar-refractivity contribution in [3.05, 3.63) is 80.5 Å². The van der Waals surface area contributed by atoms with Crippen molar-refractivity contribution in [3.63, 3.8) is 0 Å². The number of hydrogen-bond donors (Lipinski definition) is 0. The number of benzene rings is 2. The number of hydrogen-bond acceptors (Lipinski definition) is 4. The average molecular weight is 517 g/mol. The van der Waals surface area contributed by atoms with Gasteiger partial charge in [-0.1, -0.05) is 55.7 Å². The molecule has 3 aromatic rings. The van der Waals surface area contributed by atoms with Crippen molar-refractivity contribution in [1.29, 1.82) is 0 Å². The number of amides is 2. The molecule has 0 bridgehead atoms. The lowest BCUT2D eigenvalue weighted by atomic mass is 9.94. The lowest BCUT2D eigenvalue weighted by Gasteiger charge is -2.31. The third-order valence-corrected chi connectivity index (χ3v) is 8.20. The van der Waals surface area contributed by atoms with Gasteiger partial charge in [-0.3, -0.25) is 23.5 Å². The number of carbonyl (C=O) groups is 2. The number of likely N-dealkylation sites (N-methyl/N-ethyl adjacent to an activating group) is 1.